The van der Waals surface area contributed by atoms with Gasteiger partial charge in [0.15, 0.2) is 0 Å². The Morgan fingerprint density at radius 3 is 2.77 bits per heavy atom. The van der Waals surface area contributed by atoms with E-state index in [1.165, 1.54) is 25.8 Å². The van der Waals surface area contributed by atoms with Gasteiger partial charge in [-0.1, -0.05) is 29.8 Å². The molecule has 0 aromatic heterocycles. The number of likely N-dealkylation sites (tertiary alicyclic amines) is 1. The smallest absolute Gasteiger partial charge is 0.221 e. The topological polar surface area (TPSA) is 32.3 Å². The maximum Gasteiger partial charge on any atom is 0.221 e. The fourth-order valence-corrected chi connectivity index (χ4v) is 4.63. The van der Waals surface area contributed by atoms with E-state index >= 15 is 0 Å². The van der Waals surface area contributed by atoms with Crippen molar-refractivity contribution in [2.45, 2.75) is 50.1 Å². The molecule has 1 amide bonds. The van der Waals surface area contributed by atoms with Crippen LogP contribution in [0, 0.1) is 5.92 Å². The summed E-state index contributed by atoms with van der Waals surface area (Å²) in [7, 11) is 0. The Morgan fingerprint density at radius 1 is 1.32 bits per heavy atom. The molecule has 0 spiro atoms. The van der Waals surface area contributed by atoms with Gasteiger partial charge in [0.2, 0.25) is 5.91 Å². The Kier molecular flexibility index (Phi) is 3.66. The molecule has 4 rings (SSSR count). The Hall–Kier alpha value is -1.06. The van der Waals surface area contributed by atoms with Gasteiger partial charge in [0, 0.05) is 30.6 Å². The summed E-state index contributed by atoms with van der Waals surface area (Å²) in [6, 6.07) is 8.62. The summed E-state index contributed by atoms with van der Waals surface area (Å²) in [6.45, 7) is 2.11. The molecule has 0 radical (unpaired) electrons. The zero-order valence-corrected chi connectivity index (χ0v) is 13.6. The number of hydrogen-bond acceptors (Lipinski definition) is 2. The summed E-state index contributed by atoms with van der Waals surface area (Å²) in [4.78, 5) is 14.9. The summed E-state index contributed by atoms with van der Waals surface area (Å²) in [5.41, 5.74) is 0.879. The first kappa shape index (κ1) is 14.5. The van der Waals surface area contributed by atoms with Gasteiger partial charge in [0.05, 0.1) is 5.54 Å². The van der Waals surface area contributed by atoms with Crippen molar-refractivity contribution >= 4 is 17.5 Å². The Balaban J connectivity index is 1.33. The van der Waals surface area contributed by atoms with Crippen molar-refractivity contribution in [2.24, 2.45) is 5.92 Å². The molecular formula is C18H23ClN2O. The number of nitrogens with zero attached hydrogens (tertiary/aromatic N) is 1. The molecule has 2 bridgehead atoms. The number of nitrogens with one attached hydrogen (secondary N) is 1. The molecule has 3 fully saturated rings. The highest BCUT2D eigenvalue weighted by molar-refractivity contribution is 6.31. The second kappa shape index (κ2) is 5.54. The first-order chi connectivity index (χ1) is 10.7. The summed E-state index contributed by atoms with van der Waals surface area (Å²) in [5, 5.41) is 4.00. The molecule has 22 heavy (non-hydrogen) atoms. The SMILES string of the molecule is O=C(CCN1C[C@@H]2CC[C@H]1C2)NC1(c2ccccc2Cl)CC1. The van der Waals surface area contributed by atoms with Crippen LogP contribution >= 0.6 is 11.6 Å². The van der Waals surface area contributed by atoms with Crippen molar-refractivity contribution < 1.29 is 4.79 Å². The van der Waals surface area contributed by atoms with E-state index in [2.05, 4.69) is 10.2 Å². The quantitative estimate of drug-likeness (QED) is 0.903. The predicted molar refractivity (Wildman–Crippen MR) is 87.8 cm³/mol. The van der Waals surface area contributed by atoms with Crippen molar-refractivity contribution in [3.63, 3.8) is 0 Å². The third-order valence-corrected chi connectivity index (χ3v) is 6.00. The van der Waals surface area contributed by atoms with E-state index in [-0.39, 0.29) is 11.4 Å². The highest BCUT2D eigenvalue weighted by atomic mass is 35.5. The van der Waals surface area contributed by atoms with Crippen LogP contribution in [0.1, 0.15) is 44.1 Å². The van der Waals surface area contributed by atoms with Gasteiger partial charge in [0.1, 0.15) is 0 Å². The number of fused-ring (bicyclic) bond motifs is 2. The largest absolute Gasteiger partial charge is 0.346 e. The van der Waals surface area contributed by atoms with E-state index in [9.17, 15) is 4.79 Å². The molecule has 3 aliphatic rings. The van der Waals surface area contributed by atoms with E-state index in [0.29, 0.717) is 6.42 Å². The number of rotatable bonds is 5. The van der Waals surface area contributed by atoms with Gasteiger partial charge in [-0.25, -0.2) is 0 Å². The maximum absolute atomic E-state index is 12.4. The van der Waals surface area contributed by atoms with Crippen LogP contribution < -0.4 is 5.32 Å². The van der Waals surface area contributed by atoms with Crippen LogP contribution in [0.5, 0.6) is 0 Å². The Morgan fingerprint density at radius 2 is 2.14 bits per heavy atom. The average Bonchev–Trinajstić information content (AvgIpc) is 2.98. The molecular weight excluding hydrogens is 296 g/mol. The lowest BCUT2D eigenvalue weighted by molar-refractivity contribution is -0.122. The lowest BCUT2D eigenvalue weighted by atomic mass is 10.0. The zero-order chi connectivity index (χ0) is 15.2. The van der Waals surface area contributed by atoms with Gasteiger partial charge < -0.3 is 5.32 Å². The molecule has 2 aliphatic carbocycles. The third-order valence-electron chi connectivity index (χ3n) is 5.67. The third kappa shape index (κ3) is 2.65. The molecule has 118 valence electrons. The van der Waals surface area contributed by atoms with Gasteiger partial charge >= 0.3 is 0 Å². The van der Waals surface area contributed by atoms with Crippen LogP contribution in [0.3, 0.4) is 0 Å². The van der Waals surface area contributed by atoms with Crippen LogP contribution in [-0.2, 0) is 10.3 Å². The fraction of sp³-hybridized carbons (Fsp3) is 0.611. The number of benzene rings is 1. The Bertz CT molecular complexity index is 584. The second-order valence-electron chi connectivity index (χ2n) is 7.19. The van der Waals surface area contributed by atoms with Gasteiger partial charge in [0.25, 0.3) is 0 Å². The van der Waals surface area contributed by atoms with E-state index in [1.807, 2.05) is 24.3 Å². The number of hydrogen-bond donors (Lipinski definition) is 1. The normalized spacial score (nSPS) is 28.8. The van der Waals surface area contributed by atoms with Gasteiger partial charge in [-0.05, 0) is 49.7 Å². The van der Waals surface area contributed by atoms with Crippen LogP contribution in [0.25, 0.3) is 0 Å². The molecule has 1 heterocycles. The lowest BCUT2D eigenvalue weighted by Gasteiger charge is -2.27. The number of piperidine rings is 1. The molecule has 1 aliphatic heterocycles. The molecule has 2 atom stereocenters. The summed E-state index contributed by atoms with van der Waals surface area (Å²) < 4.78 is 0. The molecule has 1 N–H and O–H groups in total. The highest BCUT2D eigenvalue weighted by Gasteiger charge is 2.46. The van der Waals surface area contributed by atoms with Gasteiger partial charge in [-0.3, -0.25) is 9.69 Å². The van der Waals surface area contributed by atoms with E-state index < -0.39 is 0 Å². The highest BCUT2D eigenvalue weighted by Crippen LogP contribution is 2.48. The monoisotopic (exact) mass is 318 g/mol. The van der Waals surface area contributed by atoms with Crippen molar-refractivity contribution in [3.05, 3.63) is 34.9 Å². The van der Waals surface area contributed by atoms with Crippen molar-refractivity contribution in [1.82, 2.24) is 10.2 Å². The van der Waals surface area contributed by atoms with E-state index in [4.69, 9.17) is 11.6 Å². The summed E-state index contributed by atoms with van der Waals surface area (Å²) >= 11 is 6.30. The Labute approximate surface area is 137 Å². The number of carbonyl (C=O) groups is 1. The minimum atomic E-state index is -0.195. The first-order valence-corrected chi connectivity index (χ1v) is 8.84. The molecule has 1 aromatic rings. The van der Waals surface area contributed by atoms with Gasteiger partial charge in [-0.15, -0.1) is 0 Å². The zero-order valence-electron chi connectivity index (χ0n) is 12.9. The molecule has 4 heteroatoms. The molecule has 2 saturated carbocycles. The number of amides is 1. The molecule has 0 unspecified atom stereocenters. The van der Waals surface area contributed by atoms with Crippen LogP contribution in [0.4, 0.5) is 0 Å². The maximum atomic E-state index is 12.4. The standard InChI is InChI=1S/C18H23ClN2O/c19-16-4-2-1-3-15(16)18(8-9-18)20-17(22)7-10-21-12-13-5-6-14(21)11-13/h1-4,13-14H,5-12H2,(H,20,22)/t13-,14+/m1/s1. The lowest BCUT2D eigenvalue weighted by Crippen LogP contribution is -2.39. The van der Waals surface area contributed by atoms with Crippen molar-refractivity contribution in [3.8, 4) is 0 Å². The minimum absolute atomic E-state index is 0.167. The molecule has 1 saturated heterocycles. The van der Waals surface area contributed by atoms with Crippen molar-refractivity contribution in [2.75, 3.05) is 13.1 Å². The molecule has 3 nitrogen and oxygen atoms in total. The minimum Gasteiger partial charge on any atom is -0.346 e. The predicted octanol–water partition coefficient (Wildman–Crippen LogP) is 3.32. The number of carbonyl (C=O) groups excluding carboxylic acids is 1. The fourth-order valence-electron chi connectivity index (χ4n) is 4.31. The van der Waals surface area contributed by atoms with Crippen LogP contribution in [0.15, 0.2) is 24.3 Å². The van der Waals surface area contributed by atoms with Crippen LogP contribution in [0.2, 0.25) is 5.02 Å². The average molecular weight is 319 g/mol. The summed E-state index contributed by atoms with van der Waals surface area (Å²) in [6.07, 6.45) is 6.67. The van der Waals surface area contributed by atoms with E-state index in [0.717, 1.165) is 41.9 Å². The van der Waals surface area contributed by atoms with Gasteiger partial charge in [-0.2, -0.15) is 0 Å². The van der Waals surface area contributed by atoms with Crippen molar-refractivity contribution in [1.29, 1.82) is 0 Å². The molecule has 1 aromatic carbocycles. The second-order valence-corrected chi connectivity index (χ2v) is 7.60. The van der Waals surface area contributed by atoms with E-state index in [1.54, 1.807) is 0 Å². The number of halogens is 1. The first-order valence-electron chi connectivity index (χ1n) is 8.46. The van der Waals surface area contributed by atoms with Crippen LogP contribution in [-0.4, -0.2) is 29.9 Å². The summed E-state index contributed by atoms with van der Waals surface area (Å²) in [5.74, 6) is 1.06.